The van der Waals surface area contributed by atoms with E-state index in [2.05, 4.69) is 4.98 Å². The number of halogens is 5. The zero-order valence-corrected chi connectivity index (χ0v) is 24.2. The van der Waals surface area contributed by atoms with Gasteiger partial charge in [0.15, 0.2) is 23.0 Å². The maximum Gasteiger partial charge on any atom is 0.459 e. The van der Waals surface area contributed by atoms with Crippen molar-refractivity contribution in [2.75, 3.05) is 13.9 Å². The molecule has 44 heavy (non-hydrogen) atoms. The van der Waals surface area contributed by atoms with Gasteiger partial charge in [-0.2, -0.15) is 22.0 Å². The van der Waals surface area contributed by atoms with Gasteiger partial charge in [0.25, 0.3) is 0 Å². The normalized spacial score (nSPS) is 13.1. The van der Waals surface area contributed by atoms with Gasteiger partial charge < -0.3 is 23.9 Å². The molecule has 3 aromatic carbocycles. The number of ether oxygens (including phenoxy) is 3. The second-order valence-corrected chi connectivity index (χ2v) is 10.5. The molecule has 0 fully saturated rings. The molecule has 2 heterocycles. The quantitative estimate of drug-likeness (QED) is 0.165. The number of benzene rings is 3. The fraction of sp³-hybridized carbons (Fsp3) is 0.344. The van der Waals surface area contributed by atoms with E-state index in [-0.39, 0.29) is 56.0 Å². The van der Waals surface area contributed by atoms with Crippen LogP contribution in [0.2, 0.25) is 0 Å². The standard InChI is InChI=1S/C32H32F5N3O4/c1-3-4-14-40-24(29(31(33,34)32(35,36)37)38-30(40)23-8-6-5-7-9-23)19-39(17-21-10-12-26(42-2)25(41)15-21)18-22-11-13-27-28(16-22)44-20-43-27/h5-13,15-16,41H,3-4,14,17-20H2,1-2H3. The summed E-state index contributed by atoms with van der Waals surface area (Å²) in [6, 6.07) is 18.3. The summed E-state index contributed by atoms with van der Waals surface area (Å²) in [6.45, 7) is 2.11. The lowest BCUT2D eigenvalue weighted by atomic mass is 10.1. The minimum atomic E-state index is -5.86. The van der Waals surface area contributed by atoms with Crippen LogP contribution < -0.4 is 14.2 Å². The van der Waals surface area contributed by atoms with E-state index >= 15 is 8.78 Å². The number of phenolic OH excluding ortho intramolecular Hbond substituents is 1. The van der Waals surface area contributed by atoms with Crippen molar-refractivity contribution in [2.45, 2.75) is 58.0 Å². The lowest BCUT2D eigenvalue weighted by Gasteiger charge is -2.26. The van der Waals surface area contributed by atoms with E-state index in [4.69, 9.17) is 14.2 Å². The Morgan fingerprint density at radius 1 is 0.909 bits per heavy atom. The Bertz CT molecular complexity index is 1590. The molecule has 0 spiro atoms. The zero-order chi connectivity index (χ0) is 31.5. The van der Waals surface area contributed by atoms with Gasteiger partial charge in [0.1, 0.15) is 11.5 Å². The number of hydrogen-bond donors (Lipinski definition) is 1. The van der Waals surface area contributed by atoms with Gasteiger partial charge in [-0.15, -0.1) is 0 Å². The van der Waals surface area contributed by atoms with Gasteiger partial charge in [-0.25, -0.2) is 4.98 Å². The smallest absolute Gasteiger partial charge is 0.459 e. The molecular formula is C32H32F5N3O4. The maximum absolute atomic E-state index is 15.2. The van der Waals surface area contributed by atoms with Gasteiger partial charge in [0, 0.05) is 31.7 Å². The molecule has 4 aromatic rings. The van der Waals surface area contributed by atoms with Crippen LogP contribution in [0.1, 0.15) is 42.3 Å². The fourth-order valence-electron chi connectivity index (χ4n) is 5.17. The highest BCUT2D eigenvalue weighted by Crippen LogP contribution is 2.46. The third kappa shape index (κ3) is 6.45. The number of alkyl halides is 5. The number of methoxy groups -OCH3 is 1. The molecule has 0 unspecified atom stereocenters. The van der Waals surface area contributed by atoms with Crippen LogP contribution in [0, 0.1) is 0 Å². The predicted octanol–water partition coefficient (Wildman–Crippen LogP) is 7.65. The van der Waals surface area contributed by atoms with Gasteiger partial charge in [-0.3, -0.25) is 4.90 Å². The molecule has 1 aliphatic heterocycles. The number of phenols is 1. The predicted molar refractivity (Wildman–Crippen MR) is 153 cm³/mol. The molecule has 5 rings (SSSR count). The van der Waals surface area contributed by atoms with Crippen LogP contribution in [0.25, 0.3) is 11.4 Å². The molecule has 0 amide bonds. The molecule has 0 saturated heterocycles. The molecule has 0 bridgehead atoms. The summed E-state index contributed by atoms with van der Waals surface area (Å²) >= 11 is 0. The Hall–Kier alpha value is -4.32. The first-order chi connectivity index (χ1) is 21.0. The van der Waals surface area contributed by atoms with E-state index in [0.717, 1.165) is 5.56 Å². The van der Waals surface area contributed by atoms with E-state index in [9.17, 15) is 18.3 Å². The molecule has 1 N–H and O–H groups in total. The first-order valence-electron chi connectivity index (χ1n) is 14.1. The summed E-state index contributed by atoms with van der Waals surface area (Å²) in [5.74, 6) is -3.99. The molecule has 0 aliphatic carbocycles. The summed E-state index contributed by atoms with van der Waals surface area (Å²) in [6.07, 6.45) is -4.64. The van der Waals surface area contributed by atoms with Crippen LogP contribution in [-0.2, 0) is 32.1 Å². The Labute approximate surface area is 251 Å². The topological polar surface area (TPSA) is 69.0 Å². The molecule has 7 nitrogen and oxygen atoms in total. The highest BCUT2D eigenvalue weighted by molar-refractivity contribution is 5.57. The monoisotopic (exact) mass is 617 g/mol. The number of rotatable bonds is 12. The molecule has 0 radical (unpaired) electrons. The lowest BCUT2D eigenvalue weighted by molar-refractivity contribution is -0.291. The number of unbranched alkanes of at least 4 members (excludes halogenated alkanes) is 1. The second kappa shape index (κ2) is 12.7. The van der Waals surface area contributed by atoms with Crippen LogP contribution in [0.15, 0.2) is 66.7 Å². The number of aromatic nitrogens is 2. The van der Waals surface area contributed by atoms with E-state index in [0.29, 0.717) is 35.5 Å². The summed E-state index contributed by atoms with van der Waals surface area (Å²) in [4.78, 5) is 5.72. The van der Waals surface area contributed by atoms with Crippen molar-refractivity contribution < 1.29 is 41.3 Å². The largest absolute Gasteiger partial charge is 0.504 e. The molecule has 0 saturated carbocycles. The molecule has 12 heteroatoms. The van der Waals surface area contributed by atoms with Crippen LogP contribution in [0.5, 0.6) is 23.0 Å². The molecule has 0 atom stereocenters. The summed E-state index contributed by atoms with van der Waals surface area (Å²) < 4.78 is 89.7. The van der Waals surface area contributed by atoms with Crippen LogP contribution in [0.4, 0.5) is 22.0 Å². The van der Waals surface area contributed by atoms with E-state index < -0.39 is 17.8 Å². The summed E-state index contributed by atoms with van der Waals surface area (Å²) in [5, 5.41) is 10.4. The Balaban J connectivity index is 1.63. The average Bonchev–Trinajstić information content (AvgIpc) is 3.60. The average molecular weight is 618 g/mol. The molecule has 1 aromatic heterocycles. The highest BCUT2D eigenvalue weighted by Gasteiger charge is 2.61. The van der Waals surface area contributed by atoms with Crippen LogP contribution in [-0.4, -0.2) is 39.6 Å². The fourth-order valence-corrected chi connectivity index (χ4v) is 5.17. The van der Waals surface area contributed by atoms with Crippen molar-refractivity contribution in [1.82, 2.24) is 14.5 Å². The van der Waals surface area contributed by atoms with Gasteiger partial charge in [0.2, 0.25) is 6.79 Å². The minimum Gasteiger partial charge on any atom is -0.504 e. The van der Waals surface area contributed by atoms with E-state index in [1.54, 1.807) is 65.6 Å². The maximum atomic E-state index is 15.2. The van der Waals surface area contributed by atoms with E-state index in [1.165, 1.54) is 17.7 Å². The molecule has 1 aliphatic rings. The van der Waals surface area contributed by atoms with Gasteiger partial charge in [-0.05, 0) is 41.8 Å². The summed E-state index contributed by atoms with van der Waals surface area (Å²) in [5.41, 5.74) is 0.179. The number of imidazole rings is 1. The van der Waals surface area contributed by atoms with Crippen molar-refractivity contribution >= 4 is 0 Å². The molecule has 234 valence electrons. The lowest BCUT2D eigenvalue weighted by Crippen LogP contribution is -2.36. The van der Waals surface area contributed by atoms with Gasteiger partial charge >= 0.3 is 12.1 Å². The van der Waals surface area contributed by atoms with Crippen LogP contribution >= 0.6 is 0 Å². The SMILES string of the molecule is CCCCn1c(-c2ccccc2)nc(C(F)(F)C(F)(F)F)c1CN(Cc1ccc(OC)c(O)c1)Cc1ccc2c(c1)OCO2. The van der Waals surface area contributed by atoms with Crippen molar-refractivity contribution in [3.63, 3.8) is 0 Å². The zero-order valence-electron chi connectivity index (χ0n) is 24.2. The van der Waals surface area contributed by atoms with Crippen molar-refractivity contribution in [3.8, 4) is 34.4 Å². The van der Waals surface area contributed by atoms with Crippen molar-refractivity contribution in [1.29, 1.82) is 0 Å². The Morgan fingerprint density at radius 3 is 2.25 bits per heavy atom. The first-order valence-corrected chi connectivity index (χ1v) is 14.1. The minimum absolute atomic E-state index is 0.0399. The third-order valence-corrected chi connectivity index (χ3v) is 7.36. The number of hydrogen-bond acceptors (Lipinski definition) is 6. The Kier molecular flexibility index (Phi) is 9.00. The first kappa shape index (κ1) is 31.1. The second-order valence-electron chi connectivity index (χ2n) is 10.5. The van der Waals surface area contributed by atoms with Gasteiger partial charge in [0.05, 0.1) is 12.8 Å². The third-order valence-electron chi connectivity index (χ3n) is 7.36. The van der Waals surface area contributed by atoms with Crippen molar-refractivity contribution in [3.05, 3.63) is 89.2 Å². The highest BCUT2D eigenvalue weighted by atomic mass is 19.4. The van der Waals surface area contributed by atoms with E-state index in [1.807, 2.05) is 6.92 Å². The Morgan fingerprint density at radius 2 is 1.59 bits per heavy atom. The van der Waals surface area contributed by atoms with Gasteiger partial charge in [-0.1, -0.05) is 55.8 Å². The number of nitrogens with zero attached hydrogens (tertiary/aromatic N) is 3. The number of aromatic hydroxyl groups is 1. The molecular weight excluding hydrogens is 585 g/mol. The summed E-state index contributed by atoms with van der Waals surface area (Å²) in [7, 11) is 1.41. The van der Waals surface area contributed by atoms with Crippen molar-refractivity contribution in [2.24, 2.45) is 0 Å². The number of fused-ring (bicyclic) bond motifs is 1. The van der Waals surface area contributed by atoms with Crippen LogP contribution in [0.3, 0.4) is 0 Å².